The van der Waals surface area contributed by atoms with Crippen molar-refractivity contribution in [3.05, 3.63) is 15.0 Å². The quantitative estimate of drug-likeness (QED) is 0.413. The maximum absolute atomic E-state index is 11.4. The Labute approximate surface area is 141 Å². The minimum atomic E-state index is -1.80. The predicted octanol–water partition coefficient (Wildman–Crippen LogP) is 3.49. The second kappa shape index (κ2) is 6.78. The molecule has 0 aliphatic rings. The van der Waals surface area contributed by atoms with Crippen molar-refractivity contribution in [3.63, 3.8) is 0 Å². The van der Waals surface area contributed by atoms with E-state index in [0.29, 0.717) is 6.61 Å². The molecule has 0 spiro atoms. The van der Waals surface area contributed by atoms with Crippen LogP contribution in [0.5, 0.6) is 0 Å². The summed E-state index contributed by atoms with van der Waals surface area (Å²) in [5.74, 6) is -0.297. The number of ether oxygens (including phenoxy) is 1. The molecule has 21 heavy (non-hydrogen) atoms. The number of halogens is 1. The minimum Gasteiger partial charge on any atom is -0.468 e. The third-order valence-corrected chi connectivity index (χ3v) is 9.96. The van der Waals surface area contributed by atoms with Crippen molar-refractivity contribution in [2.75, 3.05) is 7.11 Å². The molecule has 7 heteroatoms. The Hall–Kier alpha value is -0.413. The summed E-state index contributed by atoms with van der Waals surface area (Å²) in [6.45, 7) is 13.7. The molecular weight excluding hydrogens is 399 g/mol. The molecule has 0 aliphatic carbocycles. The van der Waals surface area contributed by atoms with Crippen molar-refractivity contribution in [1.82, 2.24) is 9.78 Å². The van der Waals surface area contributed by atoms with Gasteiger partial charge in [0.25, 0.3) is 0 Å². The van der Waals surface area contributed by atoms with E-state index in [1.807, 2.05) is 6.92 Å². The van der Waals surface area contributed by atoms with E-state index in [2.05, 4.69) is 61.6 Å². The number of carbonyl (C=O) groups is 1. The lowest BCUT2D eigenvalue weighted by Gasteiger charge is -2.35. The topological polar surface area (TPSA) is 53.4 Å². The molecule has 0 atom stereocenters. The molecule has 0 fully saturated rings. The summed E-state index contributed by atoms with van der Waals surface area (Å²) in [6.07, 6.45) is 0. The third kappa shape index (κ3) is 4.53. The van der Waals surface area contributed by atoms with Crippen LogP contribution >= 0.6 is 22.6 Å². The van der Waals surface area contributed by atoms with Gasteiger partial charge in [0.2, 0.25) is 0 Å². The van der Waals surface area contributed by atoms with Crippen LogP contribution in [-0.2, 0) is 27.1 Å². The lowest BCUT2D eigenvalue weighted by molar-refractivity contribution is -0.141. The van der Waals surface area contributed by atoms with Crippen molar-refractivity contribution < 1.29 is 14.0 Å². The highest BCUT2D eigenvalue weighted by atomic mass is 127. The molecule has 0 radical (unpaired) electrons. The molecule has 0 saturated heterocycles. The Bertz CT molecular complexity index is 521. The minimum absolute atomic E-state index is 0.137. The summed E-state index contributed by atoms with van der Waals surface area (Å²) in [7, 11) is -0.419. The van der Waals surface area contributed by atoms with Crippen LogP contribution in [0.1, 0.15) is 32.2 Å². The summed E-state index contributed by atoms with van der Waals surface area (Å²) in [6, 6.07) is 0. The summed E-state index contributed by atoms with van der Waals surface area (Å²) < 4.78 is 13.6. The normalized spacial score (nSPS) is 12.6. The van der Waals surface area contributed by atoms with Crippen LogP contribution in [0.15, 0.2) is 0 Å². The number of nitrogens with zero attached hydrogens (tertiary/aromatic N) is 2. The highest BCUT2D eigenvalue weighted by Crippen LogP contribution is 2.37. The molecule has 120 valence electrons. The zero-order valence-electron chi connectivity index (χ0n) is 13.9. The Morgan fingerprint density at radius 3 is 2.43 bits per heavy atom. The summed E-state index contributed by atoms with van der Waals surface area (Å²) >= 11 is 2.26. The maximum atomic E-state index is 11.4. The van der Waals surface area contributed by atoms with Crippen LogP contribution in [0, 0.1) is 10.5 Å². The molecule has 0 N–H and O–H groups in total. The van der Waals surface area contributed by atoms with Crippen LogP contribution in [0.4, 0.5) is 0 Å². The van der Waals surface area contributed by atoms with Gasteiger partial charge < -0.3 is 9.16 Å². The predicted molar refractivity (Wildman–Crippen MR) is 93.7 cm³/mol. The highest BCUT2D eigenvalue weighted by Gasteiger charge is 2.37. The molecule has 0 unspecified atom stereocenters. The Morgan fingerprint density at radius 1 is 1.38 bits per heavy atom. The smallest absolute Gasteiger partial charge is 0.327 e. The summed E-state index contributed by atoms with van der Waals surface area (Å²) in [5.41, 5.74) is 1.86. The number of carbonyl (C=O) groups excluding carboxylic acids is 1. The van der Waals surface area contributed by atoms with Crippen LogP contribution in [0.25, 0.3) is 0 Å². The Kier molecular flexibility index (Phi) is 6.02. The first-order valence-electron chi connectivity index (χ1n) is 6.92. The van der Waals surface area contributed by atoms with Gasteiger partial charge in [-0.15, -0.1) is 0 Å². The molecule has 5 nitrogen and oxygen atoms in total. The number of aromatic nitrogens is 2. The Balaban J connectivity index is 2.86. The van der Waals surface area contributed by atoms with Crippen molar-refractivity contribution in [3.8, 4) is 0 Å². The van der Waals surface area contributed by atoms with E-state index in [-0.39, 0.29) is 17.6 Å². The number of hydrogen-bond acceptors (Lipinski definition) is 4. The summed E-state index contributed by atoms with van der Waals surface area (Å²) in [4.78, 5) is 11.4. The number of esters is 1. The van der Waals surface area contributed by atoms with Gasteiger partial charge in [0.1, 0.15) is 12.2 Å². The van der Waals surface area contributed by atoms with Crippen molar-refractivity contribution in [1.29, 1.82) is 0 Å². The van der Waals surface area contributed by atoms with Crippen molar-refractivity contribution in [2.45, 2.75) is 59.0 Å². The molecule has 0 aliphatic heterocycles. The van der Waals surface area contributed by atoms with Gasteiger partial charge in [-0.1, -0.05) is 20.8 Å². The maximum Gasteiger partial charge on any atom is 0.327 e. The third-order valence-electron chi connectivity index (χ3n) is 4.08. The monoisotopic (exact) mass is 424 g/mol. The van der Waals surface area contributed by atoms with Gasteiger partial charge in [-0.3, -0.25) is 9.48 Å². The van der Waals surface area contributed by atoms with Gasteiger partial charge in [-0.2, -0.15) is 5.10 Å². The first kappa shape index (κ1) is 18.6. The second-order valence-corrected chi connectivity index (χ2v) is 12.5. The Morgan fingerprint density at radius 2 is 1.95 bits per heavy atom. The molecule has 1 aromatic heterocycles. The van der Waals surface area contributed by atoms with Crippen molar-refractivity contribution in [2.24, 2.45) is 0 Å². The van der Waals surface area contributed by atoms with E-state index in [1.165, 1.54) is 7.11 Å². The van der Waals surface area contributed by atoms with Gasteiger partial charge in [0.15, 0.2) is 8.32 Å². The molecule has 0 bridgehead atoms. The second-order valence-electron chi connectivity index (χ2n) is 6.63. The molecule has 0 saturated carbocycles. The lowest BCUT2D eigenvalue weighted by atomic mass is 10.2. The average molecular weight is 424 g/mol. The standard InChI is InChI=1S/C14H25IN2O3Si/c1-10-13(15)11(16-17(10)8-12(18)19-5)9-20-21(6,7)14(2,3)4/h8-9H2,1-7H3. The number of methoxy groups -OCH3 is 1. The molecule has 1 aromatic rings. The summed E-state index contributed by atoms with van der Waals surface area (Å²) in [5, 5.41) is 4.66. The van der Waals surface area contributed by atoms with Crippen LogP contribution in [-0.4, -0.2) is 31.2 Å². The largest absolute Gasteiger partial charge is 0.468 e. The fraction of sp³-hybridized carbons (Fsp3) is 0.714. The van der Waals surface area contributed by atoms with E-state index in [1.54, 1.807) is 4.68 Å². The average Bonchev–Trinajstić information content (AvgIpc) is 2.63. The molecular formula is C14H25IN2O3Si. The first-order chi connectivity index (χ1) is 9.49. The molecule has 0 amide bonds. The zero-order valence-corrected chi connectivity index (χ0v) is 17.1. The molecule has 0 aromatic carbocycles. The van der Waals surface area contributed by atoms with Gasteiger partial charge >= 0.3 is 5.97 Å². The van der Waals surface area contributed by atoms with Crippen LogP contribution in [0.2, 0.25) is 18.1 Å². The van der Waals surface area contributed by atoms with Crippen molar-refractivity contribution >= 4 is 36.9 Å². The van der Waals surface area contributed by atoms with Gasteiger partial charge in [0.05, 0.1) is 17.3 Å². The van der Waals surface area contributed by atoms with E-state index in [0.717, 1.165) is 15.0 Å². The van der Waals surface area contributed by atoms with E-state index in [9.17, 15) is 4.79 Å². The fourth-order valence-electron chi connectivity index (χ4n) is 1.49. The first-order valence-corrected chi connectivity index (χ1v) is 10.9. The van der Waals surface area contributed by atoms with Crippen LogP contribution in [0.3, 0.4) is 0 Å². The number of hydrogen-bond donors (Lipinski definition) is 0. The van der Waals surface area contributed by atoms with Crippen LogP contribution < -0.4 is 0 Å². The highest BCUT2D eigenvalue weighted by molar-refractivity contribution is 14.1. The molecule has 1 heterocycles. The SMILES string of the molecule is COC(=O)Cn1nc(CO[Si](C)(C)C(C)(C)C)c(I)c1C. The van der Waals surface area contributed by atoms with Gasteiger partial charge in [-0.25, -0.2) is 0 Å². The van der Waals surface area contributed by atoms with E-state index < -0.39 is 8.32 Å². The molecule has 1 rings (SSSR count). The van der Waals surface area contributed by atoms with E-state index >= 15 is 0 Å². The van der Waals surface area contributed by atoms with Gasteiger partial charge in [-0.05, 0) is 47.6 Å². The fourth-order valence-corrected chi connectivity index (χ4v) is 2.96. The lowest BCUT2D eigenvalue weighted by Crippen LogP contribution is -2.40. The van der Waals surface area contributed by atoms with E-state index in [4.69, 9.17) is 9.16 Å². The zero-order chi connectivity index (χ0) is 16.4. The number of rotatable bonds is 5. The van der Waals surface area contributed by atoms with Gasteiger partial charge in [0, 0.05) is 5.69 Å².